The molecule has 0 saturated carbocycles. The van der Waals surface area contributed by atoms with Crippen LogP contribution >= 0.6 is 0 Å². The van der Waals surface area contributed by atoms with Gasteiger partial charge in [-0.3, -0.25) is 4.79 Å². The highest BCUT2D eigenvalue weighted by molar-refractivity contribution is 6.38. The van der Waals surface area contributed by atoms with E-state index in [1.165, 1.54) is 21.1 Å². The van der Waals surface area contributed by atoms with Crippen molar-refractivity contribution in [1.82, 2.24) is 0 Å². The summed E-state index contributed by atoms with van der Waals surface area (Å²) in [6, 6.07) is 0. The van der Waals surface area contributed by atoms with E-state index in [1.807, 2.05) is 0 Å². The number of halogens is 1. The predicted octanol–water partition coefficient (Wildman–Crippen LogP) is 1.47. The number of carbonyl (C=O) groups is 2. The Morgan fingerprint density at radius 2 is 1.68 bits per heavy atom. The van der Waals surface area contributed by atoms with Crippen molar-refractivity contribution < 1.29 is 28.4 Å². The van der Waals surface area contributed by atoms with Gasteiger partial charge in [0.15, 0.2) is 11.5 Å². The summed E-state index contributed by atoms with van der Waals surface area (Å²) in [7, 11) is 2.63. The van der Waals surface area contributed by atoms with Crippen LogP contribution in [-0.2, 0) is 24.0 Å². The van der Waals surface area contributed by atoms with Gasteiger partial charge in [0, 0.05) is 6.42 Å². The van der Waals surface area contributed by atoms with Crippen molar-refractivity contribution in [1.29, 1.82) is 0 Å². The largest absolute Gasteiger partial charge is 0.464 e. The third-order valence-electron chi connectivity index (χ3n) is 1.68. The summed E-state index contributed by atoms with van der Waals surface area (Å²) >= 11 is 0. The van der Waals surface area contributed by atoms with E-state index in [9.17, 15) is 14.0 Å². The van der Waals surface area contributed by atoms with E-state index in [2.05, 4.69) is 24.7 Å². The first-order valence-electron chi connectivity index (χ1n) is 5.36. The summed E-state index contributed by atoms with van der Waals surface area (Å²) < 4.78 is 15.5. The highest BCUT2D eigenvalue weighted by atomic mass is 19.1. The number of ether oxygens (including phenoxy) is 1. The zero-order chi connectivity index (χ0) is 15.3. The number of hydrogen-bond donors (Lipinski definition) is 0. The molecule has 0 aliphatic heterocycles. The number of oxime groups is 2. The van der Waals surface area contributed by atoms with Crippen molar-refractivity contribution in [3.05, 3.63) is 0 Å². The lowest BCUT2D eigenvalue weighted by molar-refractivity contribution is -0.133. The minimum Gasteiger partial charge on any atom is -0.464 e. The number of nitrogens with zero attached hydrogens (tertiary/aromatic N) is 2. The van der Waals surface area contributed by atoms with Crippen LogP contribution in [0.1, 0.15) is 27.2 Å². The molecule has 0 aliphatic rings. The fourth-order valence-corrected chi connectivity index (χ4v) is 0.750. The molecule has 8 heteroatoms. The molecule has 0 aromatic rings. The van der Waals surface area contributed by atoms with Gasteiger partial charge >= 0.3 is 5.97 Å². The number of Topliss-reactive ketones (excluding diaryl/α,β-unsaturated/α-hetero) is 1. The predicted molar refractivity (Wildman–Crippen MR) is 67.6 cm³/mol. The van der Waals surface area contributed by atoms with Crippen LogP contribution in [0.4, 0.5) is 4.39 Å². The van der Waals surface area contributed by atoms with E-state index in [0.29, 0.717) is 12.1 Å². The van der Waals surface area contributed by atoms with E-state index in [4.69, 9.17) is 0 Å². The number of methoxy groups -OCH3 is 1. The zero-order valence-electron chi connectivity index (χ0n) is 11.7. The first kappa shape index (κ1) is 19.4. The molecule has 19 heavy (non-hydrogen) atoms. The molecule has 0 radical (unpaired) electrons. The molecular weight excluding hydrogens is 259 g/mol. The van der Waals surface area contributed by atoms with E-state index in [0.717, 1.165) is 0 Å². The molecule has 0 N–H and O–H groups in total. The lowest BCUT2D eigenvalue weighted by Crippen LogP contribution is -2.11. The van der Waals surface area contributed by atoms with Crippen molar-refractivity contribution in [2.45, 2.75) is 27.2 Å². The van der Waals surface area contributed by atoms with Crippen molar-refractivity contribution in [2.75, 3.05) is 21.1 Å². The minimum absolute atomic E-state index is 0.0137. The van der Waals surface area contributed by atoms with Crippen LogP contribution in [0.15, 0.2) is 10.3 Å². The number of hydrogen-bond acceptors (Lipinski definition) is 7. The average Bonchev–Trinajstić information content (AvgIpc) is 2.43. The molecule has 0 spiro atoms. The second-order valence-electron chi connectivity index (χ2n) is 3.04. The van der Waals surface area contributed by atoms with Gasteiger partial charge in [-0.15, -0.1) is 0 Å². The maximum Gasteiger partial charge on any atom is 0.355 e. The first-order chi connectivity index (χ1) is 8.94. The van der Waals surface area contributed by atoms with Crippen LogP contribution in [0.3, 0.4) is 0 Å². The number of rotatable bonds is 6. The molecule has 0 amide bonds. The number of esters is 1. The number of ketones is 1. The van der Waals surface area contributed by atoms with Crippen LogP contribution in [0, 0.1) is 0 Å². The van der Waals surface area contributed by atoms with Gasteiger partial charge < -0.3 is 14.4 Å². The van der Waals surface area contributed by atoms with E-state index >= 15 is 0 Å². The maximum absolute atomic E-state index is 11.2. The summed E-state index contributed by atoms with van der Waals surface area (Å²) in [5.41, 5.74) is 0.417. The third-order valence-corrected chi connectivity index (χ3v) is 1.68. The fourth-order valence-electron chi connectivity index (χ4n) is 0.750. The highest BCUT2D eigenvalue weighted by Gasteiger charge is 2.04. The van der Waals surface area contributed by atoms with Gasteiger partial charge in [-0.2, -0.15) is 0 Å². The Morgan fingerprint density at radius 1 is 1.11 bits per heavy atom. The Hall–Kier alpha value is -1.99. The Balaban J connectivity index is 0. The van der Waals surface area contributed by atoms with Gasteiger partial charge in [-0.25, -0.2) is 9.18 Å². The van der Waals surface area contributed by atoms with Crippen molar-refractivity contribution in [2.24, 2.45) is 10.3 Å². The number of alkyl halides is 1. The number of carbonyl (C=O) groups excluding carboxylic acids is 2. The molecule has 0 bridgehead atoms. The second kappa shape index (κ2) is 12.5. The fraction of sp³-hybridized carbons (Fsp3) is 0.636. The van der Waals surface area contributed by atoms with Crippen LogP contribution in [0.2, 0.25) is 0 Å². The van der Waals surface area contributed by atoms with Gasteiger partial charge in [0.2, 0.25) is 0 Å². The maximum atomic E-state index is 11.2. The summed E-state index contributed by atoms with van der Waals surface area (Å²) in [5.74, 6) is -0.606. The summed E-state index contributed by atoms with van der Waals surface area (Å²) in [4.78, 5) is 29.5. The summed E-state index contributed by atoms with van der Waals surface area (Å²) in [6.45, 7) is 3.74. The summed E-state index contributed by atoms with van der Waals surface area (Å²) in [5, 5.41) is 6.54. The van der Waals surface area contributed by atoms with Gasteiger partial charge in [-0.05, 0) is 13.8 Å². The summed E-state index contributed by atoms with van der Waals surface area (Å²) in [6.07, 6.45) is 0.485. The molecule has 0 unspecified atom stereocenters. The second-order valence-corrected chi connectivity index (χ2v) is 3.04. The topological polar surface area (TPSA) is 86.6 Å². The van der Waals surface area contributed by atoms with Crippen LogP contribution in [-0.4, -0.2) is 44.3 Å². The zero-order valence-corrected chi connectivity index (χ0v) is 11.7. The molecule has 110 valence electrons. The highest BCUT2D eigenvalue weighted by Crippen LogP contribution is 1.86. The van der Waals surface area contributed by atoms with Gasteiger partial charge in [-0.1, -0.05) is 17.2 Å². The monoisotopic (exact) mass is 278 g/mol. The molecule has 0 heterocycles. The third kappa shape index (κ3) is 10.9. The first-order valence-corrected chi connectivity index (χ1v) is 5.36. The Kier molecular flexibility index (Phi) is 12.7. The van der Waals surface area contributed by atoms with Crippen LogP contribution in [0.25, 0.3) is 0 Å². The quantitative estimate of drug-likeness (QED) is 0.417. The van der Waals surface area contributed by atoms with Gasteiger partial charge in [0.25, 0.3) is 6.86 Å². The Morgan fingerprint density at radius 3 is 2.05 bits per heavy atom. The van der Waals surface area contributed by atoms with E-state index < -0.39 is 12.8 Å². The van der Waals surface area contributed by atoms with Crippen LogP contribution in [0.5, 0.6) is 0 Å². The van der Waals surface area contributed by atoms with Gasteiger partial charge in [0.05, 0.1) is 7.11 Å². The Bertz CT molecular complexity index is 342. The smallest absolute Gasteiger partial charge is 0.355 e. The van der Waals surface area contributed by atoms with Crippen LogP contribution < -0.4 is 0 Å². The van der Waals surface area contributed by atoms with E-state index in [1.54, 1.807) is 13.8 Å². The van der Waals surface area contributed by atoms with Crippen molar-refractivity contribution >= 4 is 23.2 Å². The molecule has 7 nitrogen and oxygen atoms in total. The van der Waals surface area contributed by atoms with Gasteiger partial charge in [0.1, 0.15) is 12.8 Å². The van der Waals surface area contributed by atoms with Crippen molar-refractivity contribution in [3.8, 4) is 0 Å². The van der Waals surface area contributed by atoms with E-state index in [-0.39, 0.29) is 11.5 Å². The minimum atomic E-state index is -1.05. The standard InChI is InChI=1S/C6H11NO2.C5H8FNO3/c1-4-6(8)5(2)7-9-3;1-4(5(8)9-2)7-10-3-6/h4H2,1-3H3;3H2,1-2H3/b7-5+;7-4+. The lowest BCUT2D eigenvalue weighted by atomic mass is 10.2. The molecule has 0 aromatic heterocycles. The molecule has 0 atom stereocenters. The SMILES string of the molecule is CCC(=O)/C(C)=N/OC.COC(=O)/C(C)=N/OCF. The average molecular weight is 278 g/mol. The molecule has 0 rings (SSSR count). The van der Waals surface area contributed by atoms with Crippen molar-refractivity contribution in [3.63, 3.8) is 0 Å². The lowest BCUT2D eigenvalue weighted by Gasteiger charge is -1.95. The molecular formula is C11H19FN2O5. The molecule has 0 aromatic carbocycles. The molecule has 0 aliphatic carbocycles. The normalized spacial score (nSPS) is 11.1. The molecule has 0 saturated heterocycles. The Labute approximate surface area is 111 Å². The molecule has 0 fully saturated rings.